The van der Waals surface area contributed by atoms with E-state index >= 15 is 0 Å². The Morgan fingerprint density at radius 1 is 1.09 bits per heavy atom. The molecule has 0 atom stereocenters. The SMILES string of the molecule is CNc1nc2[nH]c(-c3cccc(CNC(=O)C(C)(C)c4ccccc4)c3)cc2c2c1ncn2C. The Balaban J connectivity index is 1.42. The molecule has 34 heavy (non-hydrogen) atoms. The van der Waals surface area contributed by atoms with Crippen LogP contribution in [0.15, 0.2) is 67.0 Å². The van der Waals surface area contributed by atoms with Gasteiger partial charge in [0, 0.05) is 31.7 Å². The number of hydrogen-bond donors (Lipinski definition) is 3. The van der Waals surface area contributed by atoms with E-state index in [0.717, 1.165) is 50.3 Å². The molecule has 2 aromatic carbocycles. The van der Waals surface area contributed by atoms with Gasteiger partial charge in [0.25, 0.3) is 0 Å². The molecule has 0 aliphatic heterocycles. The minimum absolute atomic E-state index is 0.00268. The zero-order valence-corrected chi connectivity index (χ0v) is 19.8. The van der Waals surface area contributed by atoms with Gasteiger partial charge in [-0.1, -0.05) is 48.5 Å². The zero-order valence-electron chi connectivity index (χ0n) is 19.8. The molecule has 0 saturated heterocycles. The number of carbonyl (C=O) groups is 1. The van der Waals surface area contributed by atoms with Crippen LogP contribution in [0.3, 0.4) is 0 Å². The Morgan fingerprint density at radius 2 is 1.88 bits per heavy atom. The molecule has 5 rings (SSSR count). The van der Waals surface area contributed by atoms with Gasteiger partial charge in [-0.15, -0.1) is 0 Å². The van der Waals surface area contributed by atoms with Crippen molar-refractivity contribution in [2.75, 3.05) is 12.4 Å². The van der Waals surface area contributed by atoms with Crippen LogP contribution in [0.4, 0.5) is 5.82 Å². The van der Waals surface area contributed by atoms with Crippen LogP contribution in [0.2, 0.25) is 0 Å². The molecule has 0 radical (unpaired) electrons. The summed E-state index contributed by atoms with van der Waals surface area (Å²) in [5.74, 6) is 0.742. The highest BCUT2D eigenvalue weighted by Gasteiger charge is 2.29. The molecule has 0 unspecified atom stereocenters. The number of hydrogen-bond acceptors (Lipinski definition) is 4. The minimum atomic E-state index is -0.610. The van der Waals surface area contributed by atoms with E-state index in [4.69, 9.17) is 4.98 Å². The van der Waals surface area contributed by atoms with Gasteiger partial charge in [0.15, 0.2) is 5.82 Å². The Kier molecular flexibility index (Phi) is 5.32. The fourth-order valence-corrected chi connectivity index (χ4v) is 4.37. The van der Waals surface area contributed by atoms with Crippen molar-refractivity contribution >= 4 is 33.8 Å². The standard InChI is InChI=1S/C27H28N6O/c1-27(2,19-11-6-5-7-12-19)26(34)29-15-17-9-8-10-18(13-17)21-14-20-23-22(30-16-33(23)4)25(28-3)32-24(20)31-21/h5-14,16H,15H2,1-4H3,(H,29,34)(H2,28,31,32). The van der Waals surface area contributed by atoms with Crippen molar-refractivity contribution in [1.82, 2.24) is 24.8 Å². The predicted octanol–water partition coefficient (Wildman–Crippen LogP) is 4.75. The summed E-state index contributed by atoms with van der Waals surface area (Å²) in [6, 6.07) is 20.2. The number of fused-ring (bicyclic) bond motifs is 3. The number of pyridine rings is 1. The van der Waals surface area contributed by atoms with E-state index in [-0.39, 0.29) is 5.91 Å². The molecule has 172 valence electrons. The van der Waals surface area contributed by atoms with Crippen LogP contribution >= 0.6 is 0 Å². The maximum atomic E-state index is 13.0. The largest absolute Gasteiger partial charge is 0.371 e. The molecule has 5 aromatic rings. The van der Waals surface area contributed by atoms with Crippen molar-refractivity contribution in [3.05, 3.63) is 78.1 Å². The van der Waals surface area contributed by atoms with Crippen LogP contribution in [-0.2, 0) is 23.8 Å². The van der Waals surface area contributed by atoms with Gasteiger partial charge < -0.3 is 20.2 Å². The number of amides is 1. The molecule has 3 N–H and O–H groups in total. The molecule has 0 aliphatic rings. The fraction of sp³-hybridized carbons (Fsp3) is 0.222. The number of carbonyl (C=O) groups excluding carboxylic acids is 1. The molecule has 7 nitrogen and oxygen atoms in total. The molecular formula is C27H28N6O. The van der Waals surface area contributed by atoms with Crippen LogP contribution < -0.4 is 10.6 Å². The summed E-state index contributed by atoms with van der Waals surface area (Å²) in [6.07, 6.45) is 1.81. The van der Waals surface area contributed by atoms with Crippen LogP contribution in [0.5, 0.6) is 0 Å². The molecule has 0 saturated carbocycles. The third kappa shape index (κ3) is 3.69. The van der Waals surface area contributed by atoms with E-state index in [1.165, 1.54) is 0 Å². The molecule has 1 amide bonds. The highest BCUT2D eigenvalue weighted by atomic mass is 16.2. The lowest BCUT2D eigenvalue weighted by Gasteiger charge is -2.24. The quantitative estimate of drug-likeness (QED) is 0.347. The first kappa shape index (κ1) is 21.7. The number of rotatable bonds is 6. The van der Waals surface area contributed by atoms with Gasteiger partial charge in [0.05, 0.1) is 17.3 Å². The summed E-state index contributed by atoms with van der Waals surface area (Å²) >= 11 is 0. The minimum Gasteiger partial charge on any atom is -0.371 e. The van der Waals surface area contributed by atoms with Crippen LogP contribution in [0.25, 0.3) is 33.3 Å². The number of aryl methyl sites for hydroxylation is 1. The highest BCUT2D eigenvalue weighted by molar-refractivity contribution is 6.07. The van der Waals surface area contributed by atoms with E-state index in [9.17, 15) is 4.79 Å². The first-order valence-corrected chi connectivity index (χ1v) is 11.3. The first-order chi connectivity index (χ1) is 16.4. The van der Waals surface area contributed by atoms with Crippen molar-refractivity contribution in [2.45, 2.75) is 25.8 Å². The van der Waals surface area contributed by atoms with Gasteiger partial charge in [0.2, 0.25) is 5.91 Å². The Hall–Kier alpha value is -4.13. The number of benzene rings is 2. The molecule has 0 spiro atoms. The van der Waals surface area contributed by atoms with Crippen molar-refractivity contribution in [2.24, 2.45) is 7.05 Å². The summed E-state index contributed by atoms with van der Waals surface area (Å²) in [6.45, 7) is 4.35. The second-order valence-electron chi connectivity index (χ2n) is 9.08. The van der Waals surface area contributed by atoms with Crippen LogP contribution in [0, 0.1) is 0 Å². The fourth-order valence-electron chi connectivity index (χ4n) is 4.37. The predicted molar refractivity (Wildman–Crippen MR) is 137 cm³/mol. The molecule has 7 heteroatoms. The Morgan fingerprint density at radius 3 is 2.65 bits per heavy atom. The van der Waals surface area contributed by atoms with Gasteiger partial charge in [-0.05, 0) is 42.7 Å². The zero-order chi connectivity index (χ0) is 23.9. The van der Waals surface area contributed by atoms with Crippen molar-refractivity contribution < 1.29 is 4.79 Å². The summed E-state index contributed by atoms with van der Waals surface area (Å²) in [5.41, 5.74) is 6.10. The topological polar surface area (TPSA) is 87.6 Å². The van der Waals surface area contributed by atoms with Crippen LogP contribution in [-0.4, -0.2) is 32.5 Å². The average molecular weight is 453 g/mol. The van der Waals surface area contributed by atoms with Gasteiger partial charge >= 0.3 is 0 Å². The molecule has 3 heterocycles. The first-order valence-electron chi connectivity index (χ1n) is 11.3. The number of anilines is 1. The Labute approximate surface area is 198 Å². The third-order valence-electron chi connectivity index (χ3n) is 6.43. The number of aromatic amines is 1. The third-order valence-corrected chi connectivity index (χ3v) is 6.43. The van der Waals surface area contributed by atoms with E-state index in [1.807, 2.05) is 75.0 Å². The van der Waals surface area contributed by atoms with E-state index < -0.39 is 5.41 Å². The summed E-state index contributed by atoms with van der Waals surface area (Å²) in [7, 11) is 3.84. The summed E-state index contributed by atoms with van der Waals surface area (Å²) < 4.78 is 2.01. The van der Waals surface area contributed by atoms with E-state index in [2.05, 4.69) is 38.8 Å². The Bertz CT molecular complexity index is 1500. The van der Waals surface area contributed by atoms with Gasteiger partial charge in [-0.25, -0.2) is 9.97 Å². The average Bonchev–Trinajstić information content (AvgIpc) is 3.46. The molecule has 0 aliphatic carbocycles. The smallest absolute Gasteiger partial charge is 0.230 e. The normalized spacial score (nSPS) is 11.8. The monoisotopic (exact) mass is 452 g/mol. The maximum absolute atomic E-state index is 13.0. The second-order valence-corrected chi connectivity index (χ2v) is 9.08. The summed E-state index contributed by atoms with van der Waals surface area (Å²) in [4.78, 5) is 25.6. The lowest BCUT2D eigenvalue weighted by molar-refractivity contribution is -0.125. The van der Waals surface area contributed by atoms with Gasteiger partial charge in [-0.2, -0.15) is 0 Å². The molecular weight excluding hydrogens is 424 g/mol. The second kappa shape index (κ2) is 8.33. The van der Waals surface area contributed by atoms with Gasteiger partial charge in [0.1, 0.15) is 11.2 Å². The van der Waals surface area contributed by atoms with Crippen molar-refractivity contribution in [3.63, 3.8) is 0 Å². The lowest BCUT2D eigenvalue weighted by atomic mass is 9.83. The maximum Gasteiger partial charge on any atom is 0.230 e. The molecule has 3 aromatic heterocycles. The van der Waals surface area contributed by atoms with Crippen molar-refractivity contribution in [1.29, 1.82) is 0 Å². The highest BCUT2D eigenvalue weighted by Crippen LogP contribution is 2.32. The van der Waals surface area contributed by atoms with E-state index in [0.29, 0.717) is 6.54 Å². The molecule has 0 bridgehead atoms. The number of aromatic nitrogens is 4. The van der Waals surface area contributed by atoms with Crippen LogP contribution in [0.1, 0.15) is 25.0 Å². The van der Waals surface area contributed by atoms with Gasteiger partial charge in [-0.3, -0.25) is 4.79 Å². The number of nitrogens with one attached hydrogen (secondary N) is 3. The lowest BCUT2D eigenvalue weighted by Crippen LogP contribution is -2.39. The number of nitrogens with zero attached hydrogens (tertiary/aromatic N) is 3. The number of imidazole rings is 1. The van der Waals surface area contributed by atoms with E-state index in [1.54, 1.807) is 6.33 Å². The van der Waals surface area contributed by atoms with Crippen molar-refractivity contribution in [3.8, 4) is 11.3 Å². The summed E-state index contributed by atoms with van der Waals surface area (Å²) in [5, 5.41) is 7.26. The molecule has 0 fully saturated rings. The number of H-pyrrole nitrogens is 1.